The highest BCUT2D eigenvalue weighted by Gasteiger charge is 2.32. The lowest BCUT2D eigenvalue weighted by Crippen LogP contribution is -2.45. The average Bonchev–Trinajstić information content (AvgIpc) is 3.19. The largest absolute Gasteiger partial charge is 0.465 e. The first kappa shape index (κ1) is 24.2. The number of hydrogen-bond acceptors (Lipinski definition) is 6. The molecule has 1 saturated heterocycles. The number of nitrogens with zero attached hydrogens (tertiary/aromatic N) is 1. The molecule has 1 aliphatic heterocycles. The number of nitrogens with one attached hydrogen (secondary N) is 2. The number of ether oxygens (including phenoxy) is 1. The van der Waals surface area contributed by atoms with Crippen molar-refractivity contribution in [1.29, 1.82) is 0 Å². The fourth-order valence-electron chi connectivity index (χ4n) is 3.29. The molecule has 1 amide bonds. The summed E-state index contributed by atoms with van der Waals surface area (Å²) in [5, 5.41) is 2.66. The van der Waals surface area contributed by atoms with Crippen LogP contribution in [0.1, 0.15) is 23.1 Å². The van der Waals surface area contributed by atoms with Gasteiger partial charge in [0.15, 0.2) is 0 Å². The summed E-state index contributed by atoms with van der Waals surface area (Å²) in [5.41, 5.74) is -1.09. The predicted molar refractivity (Wildman–Crippen MR) is 108 cm³/mol. The number of alkyl halides is 3. The van der Waals surface area contributed by atoms with Crippen molar-refractivity contribution >= 4 is 15.9 Å². The van der Waals surface area contributed by atoms with Gasteiger partial charge in [-0.05, 0) is 37.3 Å². The van der Waals surface area contributed by atoms with Crippen LogP contribution in [0.4, 0.5) is 13.2 Å². The lowest BCUT2D eigenvalue weighted by atomic mass is 10.1. The van der Waals surface area contributed by atoms with Crippen LogP contribution in [0.3, 0.4) is 0 Å². The Kier molecular flexibility index (Phi) is 7.59. The molecule has 0 radical (unpaired) electrons. The number of carbonyl (C=O) groups excluding carboxylic acids is 1. The van der Waals surface area contributed by atoms with Gasteiger partial charge < -0.3 is 14.5 Å². The maximum Gasteiger partial charge on any atom is 0.416 e. The maximum absolute atomic E-state index is 12.8. The Morgan fingerprint density at radius 1 is 1.19 bits per heavy atom. The first-order valence-corrected chi connectivity index (χ1v) is 11.4. The molecule has 12 heteroatoms. The van der Waals surface area contributed by atoms with Gasteiger partial charge in [-0.1, -0.05) is 6.07 Å². The number of morpholine rings is 1. The zero-order valence-corrected chi connectivity index (χ0v) is 18.1. The molecule has 8 nitrogen and oxygen atoms in total. The van der Waals surface area contributed by atoms with Crippen LogP contribution in [0.5, 0.6) is 0 Å². The Hall–Kier alpha value is -2.41. The quantitative estimate of drug-likeness (QED) is 0.606. The summed E-state index contributed by atoms with van der Waals surface area (Å²) >= 11 is 0. The number of benzene rings is 1. The van der Waals surface area contributed by atoms with Gasteiger partial charge in [-0.15, -0.1) is 0 Å². The molecule has 0 bridgehead atoms. The van der Waals surface area contributed by atoms with E-state index in [0.717, 1.165) is 24.0 Å². The van der Waals surface area contributed by atoms with E-state index in [2.05, 4.69) is 10.2 Å². The van der Waals surface area contributed by atoms with Crippen LogP contribution < -0.4 is 10.0 Å². The number of hydrogen-bond donors (Lipinski definition) is 2. The van der Waals surface area contributed by atoms with Gasteiger partial charge in [0.1, 0.15) is 11.5 Å². The monoisotopic (exact) mass is 475 g/mol. The van der Waals surface area contributed by atoms with Crippen molar-refractivity contribution in [3.8, 4) is 0 Å². The lowest BCUT2D eigenvalue weighted by Gasteiger charge is -2.33. The van der Waals surface area contributed by atoms with E-state index in [1.807, 2.05) is 16.9 Å². The highest BCUT2D eigenvalue weighted by Crippen LogP contribution is 2.30. The minimum absolute atomic E-state index is 0.164. The van der Waals surface area contributed by atoms with Crippen LogP contribution in [0, 0.1) is 6.92 Å². The first-order chi connectivity index (χ1) is 15.1. The van der Waals surface area contributed by atoms with Gasteiger partial charge in [0, 0.05) is 19.6 Å². The zero-order chi connectivity index (χ0) is 23.4. The van der Waals surface area contributed by atoms with Crippen LogP contribution in [0.15, 0.2) is 45.7 Å². The van der Waals surface area contributed by atoms with Gasteiger partial charge in [0.05, 0.1) is 36.3 Å². The Morgan fingerprint density at radius 2 is 1.91 bits per heavy atom. The Bertz CT molecular complexity index is 1030. The average molecular weight is 475 g/mol. The molecule has 0 spiro atoms. The van der Waals surface area contributed by atoms with Crippen LogP contribution in [-0.2, 0) is 25.7 Å². The third kappa shape index (κ3) is 6.31. The Morgan fingerprint density at radius 3 is 2.53 bits per heavy atom. The van der Waals surface area contributed by atoms with E-state index in [1.165, 1.54) is 0 Å². The van der Waals surface area contributed by atoms with Crippen LogP contribution in [0.2, 0.25) is 0 Å². The molecule has 3 rings (SSSR count). The van der Waals surface area contributed by atoms with Gasteiger partial charge in [0.2, 0.25) is 15.9 Å². The first-order valence-electron chi connectivity index (χ1n) is 9.88. The molecular weight excluding hydrogens is 451 g/mol. The van der Waals surface area contributed by atoms with Gasteiger partial charge in [0.25, 0.3) is 0 Å². The lowest BCUT2D eigenvalue weighted by molar-refractivity contribution is -0.137. The van der Waals surface area contributed by atoms with Gasteiger partial charge in [-0.2, -0.15) is 13.2 Å². The number of amides is 1. The molecule has 1 aromatic carbocycles. The zero-order valence-electron chi connectivity index (χ0n) is 17.3. The van der Waals surface area contributed by atoms with Gasteiger partial charge >= 0.3 is 6.18 Å². The van der Waals surface area contributed by atoms with Crippen molar-refractivity contribution in [2.24, 2.45) is 0 Å². The van der Waals surface area contributed by atoms with Crippen LogP contribution in [-0.4, -0.2) is 58.6 Å². The van der Waals surface area contributed by atoms with E-state index in [-0.39, 0.29) is 12.6 Å². The number of carbonyl (C=O) groups is 1. The van der Waals surface area contributed by atoms with E-state index in [4.69, 9.17) is 9.15 Å². The SMILES string of the molecule is Cc1ccc(C(CNC(=O)CNS(=O)(=O)c2cccc(C(F)(F)F)c2)N2CCOCC2)o1. The number of halogens is 3. The third-order valence-electron chi connectivity index (χ3n) is 4.96. The summed E-state index contributed by atoms with van der Waals surface area (Å²) in [4.78, 5) is 13.8. The van der Waals surface area contributed by atoms with Crippen molar-refractivity contribution in [3.63, 3.8) is 0 Å². The number of furan rings is 1. The fourth-order valence-corrected chi connectivity index (χ4v) is 4.32. The molecule has 1 atom stereocenters. The molecule has 2 aromatic rings. The summed E-state index contributed by atoms with van der Waals surface area (Å²) in [5.74, 6) is 0.759. The van der Waals surface area contributed by atoms with Gasteiger partial charge in [-0.3, -0.25) is 9.69 Å². The summed E-state index contributed by atoms with van der Waals surface area (Å²) in [6.07, 6.45) is -4.68. The summed E-state index contributed by atoms with van der Waals surface area (Å²) < 4.78 is 76.3. The molecule has 32 heavy (non-hydrogen) atoms. The van der Waals surface area contributed by atoms with Crippen molar-refractivity contribution in [3.05, 3.63) is 53.5 Å². The maximum atomic E-state index is 12.8. The van der Waals surface area contributed by atoms with Gasteiger partial charge in [-0.25, -0.2) is 13.1 Å². The highest BCUT2D eigenvalue weighted by atomic mass is 32.2. The fraction of sp³-hybridized carbons (Fsp3) is 0.450. The summed E-state index contributed by atoms with van der Waals surface area (Å²) in [6, 6.07) is 6.68. The number of aryl methyl sites for hydroxylation is 1. The van der Waals surface area contributed by atoms with Crippen molar-refractivity contribution in [2.75, 3.05) is 39.4 Å². The molecule has 2 heterocycles. The van der Waals surface area contributed by atoms with Crippen molar-refractivity contribution in [2.45, 2.75) is 24.0 Å². The number of rotatable bonds is 8. The molecule has 1 aromatic heterocycles. The second-order valence-corrected chi connectivity index (χ2v) is 9.03. The minimum atomic E-state index is -4.68. The van der Waals surface area contributed by atoms with Crippen LogP contribution in [0.25, 0.3) is 0 Å². The predicted octanol–water partition coefficient (Wildman–Crippen LogP) is 2.07. The van der Waals surface area contributed by atoms with E-state index in [9.17, 15) is 26.4 Å². The van der Waals surface area contributed by atoms with E-state index in [0.29, 0.717) is 38.1 Å². The van der Waals surface area contributed by atoms with Crippen molar-refractivity contribution in [1.82, 2.24) is 14.9 Å². The normalized spacial score (nSPS) is 16.6. The van der Waals surface area contributed by atoms with Crippen LogP contribution >= 0.6 is 0 Å². The molecule has 0 aliphatic carbocycles. The molecular formula is C20H24F3N3O5S. The Labute approximate surface area is 183 Å². The topological polar surface area (TPSA) is 101 Å². The molecule has 2 N–H and O–H groups in total. The van der Waals surface area contributed by atoms with E-state index in [1.54, 1.807) is 6.92 Å². The summed E-state index contributed by atoms with van der Waals surface area (Å²) in [7, 11) is -4.30. The summed E-state index contributed by atoms with van der Waals surface area (Å²) in [6.45, 7) is 3.72. The van der Waals surface area contributed by atoms with E-state index < -0.39 is 39.1 Å². The number of sulfonamides is 1. The second-order valence-electron chi connectivity index (χ2n) is 7.27. The second kappa shape index (κ2) is 10.0. The molecule has 1 aliphatic rings. The third-order valence-corrected chi connectivity index (χ3v) is 6.36. The standard InChI is InChI=1S/C20H24F3N3O5S/c1-14-5-6-18(31-14)17(26-7-9-30-10-8-26)12-24-19(27)13-25-32(28,29)16-4-2-3-15(11-16)20(21,22)23/h2-6,11,17,25H,7-10,12-13H2,1H3,(H,24,27). The molecule has 176 valence electrons. The van der Waals surface area contributed by atoms with E-state index >= 15 is 0 Å². The highest BCUT2D eigenvalue weighted by molar-refractivity contribution is 7.89. The van der Waals surface area contributed by atoms with Crippen molar-refractivity contribution < 1.29 is 35.5 Å². The molecule has 1 fully saturated rings. The molecule has 0 saturated carbocycles. The smallest absolute Gasteiger partial charge is 0.416 e. The Balaban J connectivity index is 1.60. The minimum Gasteiger partial charge on any atom is -0.465 e. The molecule has 1 unspecified atom stereocenters.